The molecule has 0 spiro atoms. The van der Waals surface area contributed by atoms with Gasteiger partial charge < -0.3 is 14.2 Å². The van der Waals surface area contributed by atoms with Crippen LogP contribution in [0.1, 0.15) is 303 Å². The standard InChI is InChI=1S/C59H108O6/c1-4-7-10-13-16-19-22-24-26-28-29-31-33-35-38-41-44-47-50-53-59(62)65-56(54-63-57(60)51-48-45-42-39-36-21-18-15-12-9-6-3)55-64-58(61)52-49-46-43-40-37-34-32-30-27-25-23-20-17-14-11-8-5-2/h25,27,32,34,40,43,56H,4-24,26,28-31,33,35-39,41-42,44-55H2,1-3H3/b27-25-,34-32-,43-40-/t56-/m0/s1. The zero-order chi connectivity index (χ0) is 47.2. The first-order chi connectivity index (χ1) is 32.0. The predicted octanol–water partition coefficient (Wildman–Crippen LogP) is 18.9. The molecule has 0 N–H and O–H groups in total. The summed E-state index contributed by atoms with van der Waals surface area (Å²) in [6.45, 7) is 6.62. The van der Waals surface area contributed by atoms with E-state index in [0.29, 0.717) is 25.7 Å². The monoisotopic (exact) mass is 913 g/mol. The fourth-order valence-corrected chi connectivity index (χ4v) is 8.34. The number of rotatable bonds is 52. The van der Waals surface area contributed by atoms with Gasteiger partial charge in [0, 0.05) is 19.3 Å². The van der Waals surface area contributed by atoms with Crippen molar-refractivity contribution in [1.82, 2.24) is 0 Å². The molecule has 0 bridgehead atoms. The molecule has 0 rings (SSSR count). The van der Waals surface area contributed by atoms with Crippen molar-refractivity contribution < 1.29 is 28.6 Å². The Bertz CT molecular complexity index is 1090. The Kier molecular flexibility index (Phi) is 52.3. The average molecular weight is 914 g/mol. The highest BCUT2D eigenvalue weighted by atomic mass is 16.6. The Labute approximate surface area is 404 Å². The summed E-state index contributed by atoms with van der Waals surface area (Å²) in [5, 5.41) is 0. The fourth-order valence-electron chi connectivity index (χ4n) is 8.34. The molecular weight excluding hydrogens is 805 g/mol. The Morgan fingerprint density at radius 3 is 0.923 bits per heavy atom. The highest BCUT2D eigenvalue weighted by Crippen LogP contribution is 2.17. The number of esters is 3. The van der Waals surface area contributed by atoms with Crippen molar-refractivity contribution >= 4 is 17.9 Å². The normalized spacial score (nSPS) is 12.2. The highest BCUT2D eigenvalue weighted by molar-refractivity contribution is 5.71. The zero-order valence-corrected chi connectivity index (χ0v) is 43.5. The molecule has 0 aliphatic heterocycles. The quantitative estimate of drug-likeness (QED) is 0.0262. The van der Waals surface area contributed by atoms with Gasteiger partial charge in [-0.15, -0.1) is 0 Å². The van der Waals surface area contributed by atoms with Gasteiger partial charge in [0.05, 0.1) is 0 Å². The molecule has 0 aromatic heterocycles. The molecule has 0 amide bonds. The number of carbonyl (C=O) groups is 3. The topological polar surface area (TPSA) is 78.9 Å². The third-order valence-electron chi connectivity index (χ3n) is 12.6. The molecule has 6 nitrogen and oxygen atoms in total. The van der Waals surface area contributed by atoms with Gasteiger partial charge in [0.25, 0.3) is 0 Å². The van der Waals surface area contributed by atoms with Crippen molar-refractivity contribution in [3.8, 4) is 0 Å². The van der Waals surface area contributed by atoms with E-state index in [0.717, 1.165) is 57.8 Å². The van der Waals surface area contributed by atoms with Crippen LogP contribution in [0.2, 0.25) is 0 Å². The minimum atomic E-state index is -0.787. The van der Waals surface area contributed by atoms with Gasteiger partial charge in [-0.1, -0.05) is 269 Å². The Hall–Kier alpha value is -2.37. The molecule has 0 saturated carbocycles. The predicted molar refractivity (Wildman–Crippen MR) is 279 cm³/mol. The number of ether oxygens (including phenoxy) is 3. The summed E-state index contributed by atoms with van der Waals surface area (Å²) in [6, 6.07) is 0. The summed E-state index contributed by atoms with van der Waals surface area (Å²) in [4.78, 5) is 38.0. The van der Waals surface area contributed by atoms with Crippen LogP contribution in [-0.2, 0) is 28.6 Å². The summed E-state index contributed by atoms with van der Waals surface area (Å²) in [5.74, 6) is -0.922. The number of hydrogen-bond acceptors (Lipinski definition) is 6. The van der Waals surface area contributed by atoms with Crippen LogP contribution in [0.5, 0.6) is 0 Å². The van der Waals surface area contributed by atoms with Crippen molar-refractivity contribution in [3.63, 3.8) is 0 Å². The molecule has 0 unspecified atom stereocenters. The number of carbonyl (C=O) groups excluding carboxylic acids is 3. The van der Waals surface area contributed by atoms with Gasteiger partial charge in [0.15, 0.2) is 6.10 Å². The SMILES string of the molecule is CCCCCCCC/C=C\C/C=C\C/C=C\CCCC(=O)OC[C@H](COC(=O)CCCCCCCCCCCCC)OC(=O)CCCCCCCCCCCCCCCCCCCCC. The maximum atomic E-state index is 12.8. The lowest BCUT2D eigenvalue weighted by atomic mass is 10.0. The minimum Gasteiger partial charge on any atom is -0.462 e. The largest absolute Gasteiger partial charge is 0.462 e. The van der Waals surface area contributed by atoms with Crippen LogP contribution < -0.4 is 0 Å². The van der Waals surface area contributed by atoms with E-state index in [1.807, 2.05) is 0 Å². The Balaban J connectivity index is 4.36. The smallest absolute Gasteiger partial charge is 0.306 e. The molecule has 0 fully saturated rings. The molecule has 65 heavy (non-hydrogen) atoms. The van der Waals surface area contributed by atoms with E-state index in [4.69, 9.17) is 14.2 Å². The summed E-state index contributed by atoms with van der Waals surface area (Å²) < 4.78 is 16.8. The second kappa shape index (κ2) is 54.2. The lowest BCUT2D eigenvalue weighted by molar-refractivity contribution is -0.167. The van der Waals surface area contributed by atoms with Gasteiger partial charge in [-0.3, -0.25) is 14.4 Å². The van der Waals surface area contributed by atoms with Crippen LogP contribution in [0.15, 0.2) is 36.5 Å². The van der Waals surface area contributed by atoms with Gasteiger partial charge in [-0.2, -0.15) is 0 Å². The molecule has 380 valence electrons. The van der Waals surface area contributed by atoms with E-state index < -0.39 is 6.10 Å². The first-order valence-electron chi connectivity index (χ1n) is 28.5. The van der Waals surface area contributed by atoms with E-state index in [2.05, 4.69) is 57.2 Å². The third kappa shape index (κ3) is 52.5. The van der Waals surface area contributed by atoms with Crippen LogP contribution in [0.4, 0.5) is 0 Å². The molecule has 0 aromatic rings. The van der Waals surface area contributed by atoms with E-state index in [-0.39, 0.29) is 31.1 Å². The van der Waals surface area contributed by atoms with Gasteiger partial charge in [0.1, 0.15) is 13.2 Å². The second-order valence-corrected chi connectivity index (χ2v) is 19.2. The van der Waals surface area contributed by atoms with Crippen LogP contribution >= 0.6 is 0 Å². The highest BCUT2D eigenvalue weighted by Gasteiger charge is 2.19. The summed E-state index contributed by atoms with van der Waals surface area (Å²) in [6.07, 6.45) is 64.3. The second-order valence-electron chi connectivity index (χ2n) is 19.2. The van der Waals surface area contributed by atoms with E-state index >= 15 is 0 Å². The first kappa shape index (κ1) is 62.6. The molecular formula is C59H108O6. The van der Waals surface area contributed by atoms with Crippen molar-refractivity contribution in [1.29, 1.82) is 0 Å². The minimum absolute atomic E-state index is 0.0831. The molecule has 0 aromatic carbocycles. The molecule has 1 atom stereocenters. The Morgan fingerprint density at radius 1 is 0.308 bits per heavy atom. The first-order valence-corrected chi connectivity index (χ1v) is 28.5. The van der Waals surface area contributed by atoms with Gasteiger partial charge >= 0.3 is 17.9 Å². The summed E-state index contributed by atoms with van der Waals surface area (Å²) in [7, 11) is 0. The van der Waals surface area contributed by atoms with Crippen LogP contribution in [0, 0.1) is 0 Å². The van der Waals surface area contributed by atoms with E-state index in [9.17, 15) is 14.4 Å². The average Bonchev–Trinajstić information content (AvgIpc) is 3.30. The lowest BCUT2D eigenvalue weighted by Crippen LogP contribution is -2.30. The van der Waals surface area contributed by atoms with E-state index in [1.54, 1.807) is 0 Å². The molecule has 0 aliphatic rings. The number of unbranched alkanes of at least 4 members (excludes halogenated alkanes) is 35. The van der Waals surface area contributed by atoms with Crippen LogP contribution in [-0.4, -0.2) is 37.2 Å². The molecule has 0 radical (unpaired) electrons. The molecule has 0 aliphatic carbocycles. The maximum absolute atomic E-state index is 12.8. The summed E-state index contributed by atoms with van der Waals surface area (Å²) >= 11 is 0. The summed E-state index contributed by atoms with van der Waals surface area (Å²) in [5.41, 5.74) is 0. The van der Waals surface area contributed by atoms with Crippen molar-refractivity contribution in [2.75, 3.05) is 13.2 Å². The fraction of sp³-hybridized carbons (Fsp3) is 0.847. The van der Waals surface area contributed by atoms with Crippen LogP contribution in [0.3, 0.4) is 0 Å². The van der Waals surface area contributed by atoms with Crippen LogP contribution in [0.25, 0.3) is 0 Å². The number of hydrogen-bond donors (Lipinski definition) is 0. The lowest BCUT2D eigenvalue weighted by Gasteiger charge is -2.18. The van der Waals surface area contributed by atoms with Crippen molar-refractivity contribution in [3.05, 3.63) is 36.5 Å². The molecule has 0 saturated heterocycles. The maximum Gasteiger partial charge on any atom is 0.306 e. The van der Waals surface area contributed by atoms with Crippen molar-refractivity contribution in [2.45, 2.75) is 309 Å². The van der Waals surface area contributed by atoms with Crippen molar-refractivity contribution in [2.24, 2.45) is 0 Å². The van der Waals surface area contributed by atoms with E-state index in [1.165, 1.54) is 199 Å². The van der Waals surface area contributed by atoms with Gasteiger partial charge in [-0.05, 0) is 51.4 Å². The molecule has 0 heterocycles. The third-order valence-corrected chi connectivity index (χ3v) is 12.6. The van der Waals surface area contributed by atoms with Gasteiger partial charge in [0.2, 0.25) is 0 Å². The zero-order valence-electron chi connectivity index (χ0n) is 43.5. The Morgan fingerprint density at radius 2 is 0.569 bits per heavy atom. The number of allylic oxidation sites excluding steroid dienone is 6. The molecule has 6 heteroatoms. The van der Waals surface area contributed by atoms with Gasteiger partial charge in [-0.25, -0.2) is 0 Å².